The SMILES string of the molecule is CC(C)(C)OC(=O)C(NCCc1ccc(Br)cc1)c1ccccc1. The molecule has 1 N–H and O–H groups in total. The molecule has 0 aromatic heterocycles. The number of hydrogen-bond donors (Lipinski definition) is 1. The number of ether oxygens (including phenoxy) is 1. The summed E-state index contributed by atoms with van der Waals surface area (Å²) in [6.45, 7) is 6.35. The maximum atomic E-state index is 12.6. The van der Waals surface area contributed by atoms with Crippen molar-refractivity contribution in [3.8, 4) is 0 Å². The van der Waals surface area contributed by atoms with E-state index < -0.39 is 11.6 Å². The highest BCUT2D eigenvalue weighted by Gasteiger charge is 2.26. The number of rotatable bonds is 6. The van der Waals surface area contributed by atoms with Crippen molar-refractivity contribution < 1.29 is 9.53 Å². The van der Waals surface area contributed by atoms with Gasteiger partial charge in [0.1, 0.15) is 11.6 Å². The Morgan fingerprint density at radius 2 is 1.71 bits per heavy atom. The molecule has 0 bridgehead atoms. The molecule has 0 saturated carbocycles. The predicted molar refractivity (Wildman–Crippen MR) is 101 cm³/mol. The molecular formula is C20H24BrNO2. The summed E-state index contributed by atoms with van der Waals surface area (Å²) in [4.78, 5) is 12.6. The van der Waals surface area contributed by atoms with Crippen LogP contribution in [0.5, 0.6) is 0 Å². The number of carbonyl (C=O) groups excluding carboxylic acids is 1. The molecule has 0 radical (unpaired) electrons. The summed E-state index contributed by atoms with van der Waals surface area (Å²) >= 11 is 3.44. The van der Waals surface area contributed by atoms with Gasteiger partial charge < -0.3 is 10.1 Å². The number of hydrogen-bond acceptors (Lipinski definition) is 3. The van der Waals surface area contributed by atoms with Gasteiger partial charge in [0.05, 0.1) is 0 Å². The highest BCUT2D eigenvalue weighted by molar-refractivity contribution is 9.10. The molecule has 2 aromatic rings. The molecule has 24 heavy (non-hydrogen) atoms. The van der Waals surface area contributed by atoms with Crippen molar-refractivity contribution in [3.63, 3.8) is 0 Å². The normalized spacial score (nSPS) is 12.7. The third-order valence-electron chi connectivity index (χ3n) is 3.45. The first-order valence-corrected chi connectivity index (χ1v) is 8.90. The molecule has 0 aliphatic rings. The van der Waals surface area contributed by atoms with E-state index >= 15 is 0 Å². The summed E-state index contributed by atoms with van der Waals surface area (Å²) in [6.07, 6.45) is 0.847. The summed E-state index contributed by atoms with van der Waals surface area (Å²) in [5, 5.41) is 3.34. The van der Waals surface area contributed by atoms with Crippen LogP contribution in [0.4, 0.5) is 0 Å². The van der Waals surface area contributed by atoms with Crippen molar-refractivity contribution >= 4 is 21.9 Å². The monoisotopic (exact) mass is 389 g/mol. The Morgan fingerprint density at radius 1 is 1.08 bits per heavy atom. The second-order valence-corrected chi connectivity index (χ2v) is 7.62. The summed E-state index contributed by atoms with van der Waals surface area (Å²) < 4.78 is 6.63. The number of halogens is 1. The van der Waals surface area contributed by atoms with E-state index in [1.165, 1.54) is 5.56 Å². The second-order valence-electron chi connectivity index (χ2n) is 6.71. The zero-order chi connectivity index (χ0) is 17.6. The van der Waals surface area contributed by atoms with Gasteiger partial charge in [-0.1, -0.05) is 58.4 Å². The number of carbonyl (C=O) groups is 1. The molecule has 0 aliphatic carbocycles. The van der Waals surface area contributed by atoms with Crippen LogP contribution in [0, 0.1) is 0 Å². The van der Waals surface area contributed by atoms with Crippen LogP contribution in [0.3, 0.4) is 0 Å². The third kappa shape index (κ3) is 6.10. The second kappa shape index (κ2) is 8.45. The molecule has 0 heterocycles. The van der Waals surface area contributed by atoms with Crippen molar-refractivity contribution in [2.75, 3.05) is 6.54 Å². The van der Waals surface area contributed by atoms with Crippen LogP contribution in [0.1, 0.15) is 37.9 Å². The molecule has 1 atom stereocenters. The highest BCUT2D eigenvalue weighted by atomic mass is 79.9. The zero-order valence-corrected chi connectivity index (χ0v) is 16.0. The van der Waals surface area contributed by atoms with Gasteiger partial charge in [-0.15, -0.1) is 0 Å². The molecule has 0 fully saturated rings. The highest BCUT2D eigenvalue weighted by Crippen LogP contribution is 2.19. The lowest BCUT2D eigenvalue weighted by atomic mass is 10.1. The lowest BCUT2D eigenvalue weighted by Crippen LogP contribution is -2.35. The van der Waals surface area contributed by atoms with Crippen LogP contribution in [0.25, 0.3) is 0 Å². The van der Waals surface area contributed by atoms with Gasteiger partial charge in [-0.25, -0.2) is 4.79 Å². The third-order valence-corrected chi connectivity index (χ3v) is 3.98. The van der Waals surface area contributed by atoms with E-state index in [1.807, 2.05) is 63.2 Å². The minimum Gasteiger partial charge on any atom is -0.459 e. The first-order valence-electron chi connectivity index (χ1n) is 8.11. The molecule has 3 nitrogen and oxygen atoms in total. The summed E-state index contributed by atoms with van der Waals surface area (Å²) in [6, 6.07) is 17.5. The topological polar surface area (TPSA) is 38.3 Å². The maximum absolute atomic E-state index is 12.6. The average Bonchev–Trinajstić information content (AvgIpc) is 2.52. The zero-order valence-electron chi connectivity index (χ0n) is 14.4. The lowest BCUT2D eigenvalue weighted by molar-refractivity contribution is -0.157. The molecular weight excluding hydrogens is 366 g/mol. The van der Waals surface area contributed by atoms with E-state index in [9.17, 15) is 4.79 Å². The van der Waals surface area contributed by atoms with Gasteiger partial charge in [-0.05, 0) is 50.5 Å². The van der Waals surface area contributed by atoms with Crippen molar-refractivity contribution in [1.82, 2.24) is 5.32 Å². The largest absolute Gasteiger partial charge is 0.459 e. The molecule has 2 aromatic carbocycles. The minimum atomic E-state index is -0.502. The van der Waals surface area contributed by atoms with Crippen LogP contribution in [0.2, 0.25) is 0 Å². The fourth-order valence-corrected chi connectivity index (χ4v) is 2.62. The van der Waals surface area contributed by atoms with Gasteiger partial charge >= 0.3 is 5.97 Å². The van der Waals surface area contributed by atoms with Gasteiger partial charge in [0, 0.05) is 11.0 Å². The van der Waals surface area contributed by atoms with E-state index in [0.29, 0.717) is 6.54 Å². The Morgan fingerprint density at radius 3 is 2.29 bits per heavy atom. The van der Waals surface area contributed by atoms with E-state index in [1.54, 1.807) is 0 Å². The molecule has 1 unspecified atom stereocenters. The first-order chi connectivity index (χ1) is 11.3. The van der Waals surface area contributed by atoms with Crippen LogP contribution in [0.15, 0.2) is 59.1 Å². The smallest absolute Gasteiger partial charge is 0.328 e. The van der Waals surface area contributed by atoms with Gasteiger partial charge in [0.2, 0.25) is 0 Å². The molecule has 0 saturated heterocycles. The number of benzene rings is 2. The Kier molecular flexibility index (Phi) is 6.58. The fourth-order valence-electron chi connectivity index (χ4n) is 2.36. The quantitative estimate of drug-likeness (QED) is 0.729. The average molecular weight is 390 g/mol. The van der Waals surface area contributed by atoms with Gasteiger partial charge in [0.25, 0.3) is 0 Å². The molecule has 0 amide bonds. The standard InChI is InChI=1S/C20H24BrNO2/c1-20(2,3)24-19(23)18(16-7-5-4-6-8-16)22-14-13-15-9-11-17(21)12-10-15/h4-12,18,22H,13-14H2,1-3H3. The van der Waals surface area contributed by atoms with Crippen LogP contribution >= 0.6 is 15.9 Å². The van der Waals surface area contributed by atoms with Gasteiger partial charge in [0.15, 0.2) is 0 Å². The van der Waals surface area contributed by atoms with E-state index in [4.69, 9.17) is 4.74 Å². The Labute approximate surface area is 152 Å². The van der Waals surface area contributed by atoms with Crippen LogP contribution in [-0.4, -0.2) is 18.1 Å². The van der Waals surface area contributed by atoms with Gasteiger partial charge in [-0.3, -0.25) is 0 Å². The summed E-state index contributed by atoms with van der Waals surface area (Å²) in [5.74, 6) is -0.246. The minimum absolute atomic E-state index is 0.246. The predicted octanol–water partition coefficient (Wildman–Crippen LogP) is 4.66. The molecule has 128 valence electrons. The van der Waals surface area contributed by atoms with Crippen molar-refractivity contribution in [3.05, 3.63) is 70.2 Å². The number of esters is 1. The fraction of sp³-hybridized carbons (Fsp3) is 0.350. The Balaban J connectivity index is 2.03. The Hall–Kier alpha value is -1.65. The van der Waals surface area contributed by atoms with Gasteiger partial charge in [-0.2, -0.15) is 0 Å². The maximum Gasteiger partial charge on any atom is 0.328 e. The first kappa shape index (κ1) is 18.7. The van der Waals surface area contributed by atoms with Crippen LogP contribution in [-0.2, 0) is 16.0 Å². The van der Waals surface area contributed by atoms with E-state index in [-0.39, 0.29) is 5.97 Å². The lowest BCUT2D eigenvalue weighted by Gasteiger charge is -2.25. The van der Waals surface area contributed by atoms with Crippen molar-refractivity contribution in [1.29, 1.82) is 0 Å². The molecule has 4 heteroatoms. The summed E-state index contributed by atoms with van der Waals surface area (Å²) in [7, 11) is 0. The molecule has 2 rings (SSSR count). The van der Waals surface area contributed by atoms with E-state index in [0.717, 1.165) is 16.5 Å². The van der Waals surface area contributed by atoms with Crippen molar-refractivity contribution in [2.24, 2.45) is 0 Å². The van der Waals surface area contributed by atoms with Crippen molar-refractivity contribution in [2.45, 2.75) is 38.8 Å². The Bertz CT molecular complexity index is 648. The summed E-state index contributed by atoms with van der Waals surface area (Å²) in [5.41, 5.74) is 1.64. The van der Waals surface area contributed by atoms with Crippen LogP contribution < -0.4 is 5.32 Å². The number of nitrogens with one attached hydrogen (secondary N) is 1. The molecule has 0 spiro atoms. The molecule has 0 aliphatic heterocycles. The van der Waals surface area contributed by atoms with E-state index in [2.05, 4.69) is 33.4 Å².